The van der Waals surface area contributed by atoms with E-state index in [0.29, 0.717) is 5.69 Å². The second kappa shape index (κ2) is 4.83. The van der Waals surface area contributed by atoms with Gasteiger partial charge in [-0.2, -0.15) is 18.4 Å². The van der Waals surface area contributed by atoms with Gasteiger partial charge in [0.05, 0.1) is 16.6 Å². The summed E-state index contributed by atoms with van der Waals surface area (Å²) in [4.78, 5) is 1.44. The van der Waals surface area contributed by atoms with Gasteiger partial charge in [0.15, 0.2) is 5.60 Å². The average Bonchev–Trinajstić information content (AvgIpc) is 2.67. The Kier molecular flexibility index (Phi) is 3.61. The summed E-state index contributed by atoms with van der Waals surface area (Å²) in [5.41, 5.74) is -2.01. The highest BCUT2D eigenvalue weighted by Gasteiger charge is 2.61. The van der Waals surface area contributed by atoms with Crippen molar-refractivity contribution in [3.05, 3.63) is 28.8 Å². The fraction of sp³-hybridized carbons (Fsp3) is 0.462. The molecule has 1 aromatic carbocycles. The molecule has 108 valence electrons. The Morgan fingerprint density at radius 2 is 2.15 bits per heavy atom. The molecule has 1 saturated heterocycles. The summed E-state index contributed by atoms with van der Waals surface area (Å²) in [7, 11) is 0. The number of hydrogen-bond donors (Lipinski definition) is 1. The Morgan fingerprint density at radius 1 is 1.50 bits per heavy atom. The van der Waals surface area contributed by atoms with E-state index in [1.165, 1.54) is 30.0 Å². The fourth-order valence-electron chi connectivity index (χ4n) is 2.46. The number of alkyl halides is 3. The van der Waals surface area contributed by atoms with Gasteiger partial charge in [0.2, 0.25) is 0 Å². The average molecular weight is 305 g/mol. The van der Waals surface area contributed by atoms with Crippen molar-refractivity contribution in [2.24, 2.45) is 0 Å². The van der Waals surface area contributed by atoms with E-state index in [-0.39, 0.29) is 17.1 Å². The van der Waals surface area contributed by atoms with E-state index in [1.807, 2.05) is 6.07 Å². The molecule has 2 rings (SSSR count). The molecule has 0 spiro atoms. The molecule has 1 heterocycles. The lowest BCUT2D eigenvalue weighted by molar-refractivity contribution is -0.260. The topological polar surface area (TPSA) is 47.3 Å². The molecule has 1 aromatic rings. The van der Waals surface area contributed by atoms with Crippen LogP contribution in [0, 0.1) is 11.3 Å². The molecular formula is C13H12ClF3N2O. The number of anilines is 1. The van der Waals surface area contributed by atoms with Gasteiger partial charge in [-0.3, -0.25) is 0 Å². The maximum Gasteiger partial charge on any atom is 0.419 e. The third-order valence-electron chi connectivity index (χ3n) is 3.79. The van der Waals surface area contributed by atoms with Crippen LogP contribution in [0.25, 0.3) is 0 Å². The molecule has 1 aliphatic heterocycles. The molecule has 0 radical (unpaired) electrons. The first-order valence-electron chi connectivity index (χ1n) is 5.96. The minimum atomic E-state index is -4.68. The van der Waals surface area contributed by atoms with Crippen molar-refractivity contribution in [2.75, 3.05) is 11.4 Å². The molecule has 1 N–H and O–H groups in total. The van der Waals surface area contributed by atoms with E-state index >= 15 is 0 Å². The Bertz CT molecular complexity index is 570. The molecule has 1 aliphatic rings. The summed E-state index contributed by atoms with van der Waals surface area (Å²) in [6.45, 7) is 1.39. The van der Waals surface area contributed by atoms with Crippen LogP contribution in [0.15, 0.2) is 18.2 Å². The zero-order valence-corrected chi connectivity index (χ0v) is 11.3. The quantitative estimate of drug-likeness (QED) is 0.867. The molecule has 0 amide bonds. The monoisotopic (exact) mass is 304 g/mol. The van der Waals surface area contributed by atoms with Crippen LogP contribution in [0.5, 0.6) is 0 Å². The standard InChI is InChI=1S/C13H12ClF3N2O/c1-8-12(20,13(15,16)17)4-5-19(8)10-3-2-9(7-18)11(14)6-10/h2-3,6,8,20H,4-5H2,1H3. The zero-order chi connectivity index (χ0) is 15.1. The highest BCUT2D eigenvalue weighted by atomic mass is 35.5. The van der Waals surface area contributed by atoms with Crippen molar-refractivity contribution in [2.45, 2.75) is 31.2 Å². The first kappa shape index (κ1) is 14.9. The van der Waals surface area contributed by atoms with Gasteiger partial charge >= 0.3 is 6.18 Å². The predicted molar refractivity (Wildman–Crippen MR) is 68.6 cm³/mol. The number of hydrogen-bond acceptors (Lipinski definition) is 3. The van der Waals surface area contributed by atoms with Gasteiger partial charge in [-0.1, -0.05) is 11.6 Å². The lowest BCUT2D eigenvalue weighted by Gasteiger charge is -2.33. The molecule has 3 nitrogen and oxygen atoms in total. The van der Waals surface area contributed by atoms with Gasteiger partial charge < -0.3 is 10.0 Å². The third-order valence-corrected chi connectivity index (χ3v) is 4.10. The van der Waals surface area contributed by atoms with E-state index in [1.54, 1.807) is 0 Å². The van der Waals surface area contributed by atoms with E-state index < -0.39 is 24.2 Å². The molecule has 7 heteroatoms. The van der Waals surface area contributed by atoms with Gasteiger partial charge in [0, 0.05) is 18.7 Å². The summed E-state index contributed by atoms with van der Waals surface area (Å²) in [6, 6.07) is 5.19. The third kappa shape index (κ3) is 2.21. The molecule has 1 fully saturated rings. The lowest BCUT2D eigenvalue weighted by atomic mass is 9.95. The van der Waals surface area contributed by atoms with E-state index in [9.17, 15) is 18.3 Å². The number of halogens is 4. The van der Waals surface area contributed by atoms with E-state index in [4.69, 9.17) is 16.9 Å². The Balaban J connectivity index is 2.33. The van der Waals surface area contributed by atoms with Gasteiger partial charge in [0.1, 0.15) is 6.07 Å². The Hall–Kier alpha value is -1.45. The molecule has 0 saturated carbocycles. The molecule has 0 bridgehead atoms. The van der Waals surface area contributed by atoms with Crippen LogP contribution in [-0.2, 0) is 0 Å². The minimum absolute atomic E-state index is 0.0689. The summed E-state index contributed by atoms with van der Waals surface area (Å²) in [5, 5.41) is 18.8. The molecule has 2 unspecified atom stereocenters. The van der Waals surface area contributed by atoms with Crippen molar-refractivity contribution in [3.8, 4) is 6.07 Å². The van der Waals surface area contributed by atoms with Crippen LogP contribution in [0.1, 0.15) is 18.9 Å². The van der Waals surface area contributed by atoms with Gasteiger partial charge in [0.25, 0.3) is 0 Å². The van der Waals surface area contributed by atoms with Crippen molar-refractivity contribution < 1.29 is 18.3 Å². The molecule has 0 aliphatic carbocycles. The van der Waals surface area contributed by atoms with Crippen LogP contribution < -0.4 is 4.90 Å². The summed E-state index contributed by atoms with van der Waals surface area (Å²) >= 11 is 5.88. The van der Waals surface area contributed by atoms with E-state index in [2.05, 4.69) is 0 Å². The first-order valence-corrected chi connectivity index (χ1v) is 6.34. The van der Waals surface area contributed by atoms with Crippen molar-refractivity contribution in [1.29, 1.82) is 5.26 Å². The minimum Gasteiger partial charge on any atom is -0.379 e. The lowest BCUT2D eigenvalue weighted by Crippen LogP contribution is -2.53. The van der Waals surface area contributed by atoms with Crippen LogP contribution >= 0.6 is 11.6 Å². The Labute approximate surface area is 119 Å². The fourth-order valence-corrected chi connectivity index (χ4v) is 2.67. The number of nitrogens with zero attached hydrogens (tertiary/aromatic N) is 2. The van der Waals surface area contributed by atoms with Crippen molar-refractivity contribution in [1.82, 2.24) is 0 Å². The van der Waals surface area contributed by atoms with E-state index in [0.717, 1.165) is 0 Å². The predicted octanol–water partition coefficient (Wildman–Crippen LogP) is 3.10. The largest absolute Gasteiger partial charge is 0.419 e. The second-order valence-electron chi connectivity index (χ2n) is 4.82. The molecular weight excluding hydrogens is 293 g/mol. The SMILES string of the molecule is CC1N(c2ccc(C#N)c(Cl)c2)CCC1(O)C(F)(F)F. The van der Waals surface area contributed by atoms with Crippen LogP contribution in [0.4, 0.5) is 18.9 Å². The number of nitriles is 1. The maximum absolute atomic E-state index is 12.9. The summed E-state index contributed by atoms with van der Waals surface area (Å²) in [5.74, 6) is 0. The van der Waals surface area contributed by atoms with Crippen LogP contribution in [-0.4, -0.2) is 29.5 Å². The van der Waals surface area contributed by atoms with Crippen LogP contribution in [0.2, 0.25) is 5.02 Å². The zero-order valence-electron chi connectivity index (χ0n) is 10.6. The van der Waals surface area contributed by atoms with Crippen LogP contribution in [0.3, 0.4) is 0 Å². The normalized spacial score (nSPS) is 26.6. The second-order valence-corrected chi connectivity index (χ2v) is 5.22. The molecule has 20 heavy (non-hydrogen) atoms. The Morgan fingerprint density at radius 3 is 2.60 bits per heavy atom. The van der Waals surface area contributed by atoms with Gasteiger partial charge in [-0.15, -0.1) is 0 Å². The highest BCUT2D eigenvalue weighted by molar-refractivity contribution is 6.32. The highest BCUT2D eigenvalue weighted by Crippen LogP contribution is 2.43. The van der Waals surface area contributed by atoms with Crippen molar-refractivity contribution in [3.63, 3.8) is 0 Å². The number of rotatable bonds is 1. The molecule has 0 aromatic heterocycles. The molecule has 2 atom stereocenters. The first-order chi connectivity index (χ1) is 9.20. The summed E-state index contributed by atoms with van der Waals surface area (Å²) in [6.07, 6.45) is -5.08. The van der Waals surface area contributed by atoms with Gasteiger partial charge in [-0.05, 0) is 25.1 Å². The maximum atomic E-state index is 12.9. The smallest absolute Gasteiger partial charge is 0.379 e. The number of benzene rings is 1. The number of aliphatic hydroxyl groups is 1. The summed E-state index contributed by atoms with van der Waals surface area (Å²) < 4.78 is 38.8. The van der Waals surface area contributed by atoms with Crippen molar-refractivity contribution >= 4 is 17.3 Å². The van der Waals surface area contributed by atoms with Gasteiger partial charge in [-0.25, -0.2) is 0 Å².